The summed E-state index contributed by atoms with van der Waals surface area (Å²) in [6.07, 6.45) is 3.26. The Kier molecular flexibility index (Phi) is 6.69. The quantitative estimate of drug-likeness (QED) is 0.541. The van der Waals surface area contributed by atoms with Crippen LogP contribution in [0.3, 0.4) is 0 Å². The molecule has 0 saturated carbocycles. The maximum atomic E-state index is 12.2. The fourth-order valence-electron chi connectivity index (χ4n) is 2.81. The first-order valence-corrected chi connectivity index (χ1v) is 9.46. The summed E-state index contributed by atoms with van der Waals surface area (Å²) in [5.41, 5.74) is 4.98. The van der Waals surface area contributed by atoms with Crippen LogP contribution in [0.2, 0.25) is 0 Å². The number of carbonyl (C=O) groups excluding carboxylic acids is 1. The molecule has 0 atom stereocenters. The molecule has 0 aliphatic rings. The van der Waals surface area contributed by atoms with Crippen LogP contribution in [0.1, 0.15) is 22.3 Å². The zero-order valence-corrected chi connectivity index (χ0v) is 16.9. The Labute approximate surface area is 171 Å². The van der Waals surface area contributed by atoms with E-state index in [-0.39, 0.29) is 5.91 Å². The van der Waals surface area contributed by atoms with Crippen LogP contribution in [0.15, 0.2) is 72.8 Å². The average Bonchev–Trinajstić information content (AvgIpc) is 2.74. The highest BCUT2D eigenvalue weighted by Gasteiger charge is 2.06. The number of amides is 1. The second kappa shape index (κ2) is 9.60. The van der Waals surface area contributed by atoms with E-state index in [9.17, 15) is 4.79 Å². The Morgan fingerprint density at radius 1 is 0.966 bits per heavy atom. The molecule has 0 aliphatic heterocycles. The van der Waals surface area contributed by atoms with Crippen molar-refractivity contribution in [1.29, 1.82) is 0 Å². The van der Waals surface area contributed by atoms with E-state index in [1.165, 1.54) is 11.6 Å². The van der Waals surface area contributed by atoms with Gasteiger partial charge in [-0.25, -0.2) is 0 Å². The van der Waals surface area contributed by atoms with Gasteiger partial charge in [0.25, 0.3) is 0 Å². The van der Waals surface area contributed by atoms with Crippen molar-refractivity contribution in [3.8, 4) is 11.5 Å². The van der Waals surface area contributed by atoms with Crippen molar-refractivity contribution < 1.29 is 14.3 Å². The molecule has 1 N–H and O–H groups in total. The van der Waals surface area contributed by atoms with Gasteiger partial charge in [-0.05, 0) is 54.8 Å². The van der Waals surface area contributed by atoms with Crippen molar-refractivity contribution in [3.05, 3.63) is 95.1 Å². The highest BCUT2D eigenvalue weighted by molar-refractivity contribution is 6.02. The van der Waals surface area contributed by atoms with E-state index in [2.05, 4.69) is 24.4 Å². The Morgan fingerprint density at radius 3 is 2.45 bits per heavy atom. The van der Waals surface area contributed by atoms with Gasteiger partial charge < -0.3 is 14.8 Å². The van der Waals surface area contributed by atoms with Gasteiger partial charge in [0.15, 0.2) is 11.5 Å². The van der Waals surface area contributed by atoms with Crippen LogP contribution in [-0.2, 0) is 11.4 Å². The molecule has 0 saturated heterocycles. The maximum Gasteiger partial charge on any atom is 0.248 e. The number of anilines is 1. The third kappa shape index (κ3) is 5.72. The molecule has 4 heteroatoms. The lowest BCUT2D eigenvalue weighted by atomic mass is 10.1. The molecular formula is C25H25NO3. The standard InChI is InChI=1S/C25H25NO3/c1-18-8-10-21(11-9-18)17-29-23-14-12-20(16-24(23)28-3)13-15-25(27)26-22-7-5-4-6-19(22)2/h4-16H,17H2,1-3H3,(H,26,27)/b15-13+. The van der Waals surface area contributed by atoms with Crippen LogP contribution in [0.5, 0.6) is 11.5 Å². The molecule has 0 aromatic heterocycles. The number of hydrogen-bond acceptors (Lipinski definition) is 3. The topological polar surface area (TPSA) is 47.6 Å². The predicted molar refractivity (Wildman–Crippen MR) is 117 cm³/mol. The molecule has 29 heavy (non-hydrogen) atoms. The summed E-state index contributed by atoms with van der Waals surface area (Å²) in [5, 5.41) is 2.88. The Bertz CT molecular complexity index is 1010. The van der Waals surface area contributed by atoms with Gasteiger partial charge in [-0.15, -0.1) is 0 Å². The summed E-state index contributed by atoms with van der Waals surface area (Å²) in [7, 11) is 1.60. The molecule has 0 aliphatic carbocycles. The second-order valence-corrected chi connectivity index (χ2v) is 6.82. The van der Waals surface area contributed by atoms with Crippen molar-refractivity contribution in [1.82, 2.24) is 0 Å². The highest BCUT2D eigenvalue weighted by atomic mass is 16.5. The predicted octanol–water partition coefficient (Wildman–Crippen LogP) is 5.54. The number of hydrogen-bond donors (Lipinski definition) is 1. The van der Waals surface area contributed by atoms with Crippen molar-refractivity contribution in [3.63, 3.8) is 0 Å². The Hall–Kier alpha value is -3.53. The van der Waals surface area contributed by atoms with Crippen LogP contribution in [-0.4, -0.2) is 13.0 Å². The number of carbonyl (C=O) groups is 1. The first-order chi connectivity index (χ1) is 14.0. The van der Waals surface area contributed by atoms with Gasteiger partial charge in [0, 0.05) is 11.8 Å². The molecule has 3 aromatic rings. The van der Waals surface area contributed by atoms with Crippen molar-refractivity contribution in [2.24, 2.45) is 0 Å². The van der Waals surface area contributed by atoms with E-state index in [0.717, 1.165) is 22.4 Å². The van der Waals surface area contributed by atoms with Gasteiger partial charge in [-0.3, -0.25) is 4.79 Å². The zero-order chi connectivity index (χ0) is 20.6. The second-order valence-electron chi connectivity index (χ2n) is 6.82. The monoisotopic (exact) mass is 387 g/mol. The molecule has 4 nitrogen and oxygen atoms in total. The smallest absolute Gasteiger partial charge is 0.248 e. The number of methoxy groups -OCH3 is 1. The van der Waals surface area contributed by atoms with E-state index in [4.69, 9.17) is 9.47 Å². The van der Waals surface area contributed by atoms with E-state index in [1.807, 2.05) is 61.5 Å². The lowest BCUT2D eigenvalue weighted by Gasteiger charge is -2.11. The molecule has 0 fully saturated rings. The fourth-order valence-corrected chi connectivity index (χ4v) is 2.81. The molecular weight excluding hydrogens is 362 g/mol. The van der Waals surface area contributed by atoms with E-state index in [1.54, 1.807) is 13.2 Å². The van der Waals surface area contributed by atoms with Crippen molar-refractivity contribution >= 4 is 17.7 Å². The van der Waals surface area contributed by atoms with Crippen LogP contribution in [0.4, 0.5) is 5.69 Å². The van der Waals surface area contributed by atoms with Gasteiger partial charge in [0.05, 0.1) is 7.11 Å². The number of aryl methyl sites for hydroxylation is 2. The molecule has 3 rings (SSSR count). The Balaban J connectivity index is 1.64. The largest absolute Gasteiger partial charge is 0.493 e. The fraction of sp³-hybridized carbons (Fsp3) is 0.160. The number of rotatable bonds is 7. The molecule has 0 radical (unpaired) electrons. The summed E-state index contributed by atoms with van der Waals surface area (Å²) in [5.74, 6) is 1.10. The first-order valence-electron chi connectivity index (χ1n) is 9.46. The van der Waals surface area contributed by atoms with Gasteiger partial charge >= 0.3 is 0 Å². The SMILES string of the molecule is COc1cc(/C=C/C(=O)Nc2ccccc2C)ccc1OCc1ccc(C)cc1. The van der Waals surface area contributed by atoms with E-state index >= 15 is 0 Å². The molecule has 148 valence electrons. The third-order valence-corrected chi connectivity index (χ3v) is 4.53. The minimum absolute atomic E-state index is 0.182. The van der Waals surface area contributed by atoms with Gasteiger partial charge in [-0.1, -0.05) is 54.1 Å². The Morgan fingerprint density at radius 2 is 1.72 bits per heavy atom. The van der Waals surface area contributed by atoms with Crippen LogP contribution in [0.25, 0.3) is 6.08 Å². The van der Waals surface area contributed by atoms with Gasteiger partial charge in [-0.2, -0.15) is 0 Å². The average molecular weight is 387 g/mol. The van der Waals surface area contributed by atoms with Crippen LogP contribution in [0, 0.1) is 13.8 Å². The number of nitrogens with one attached hydrogen (secondary N) is 1. The minimum Gasteiger partial charge on any atom is -0.493 e. The lowest BCUT2D eigenvalue weighted by molar-refractivity contribution is -0.111. The summed E-state index contributed by atoms with van der Waals surface area (Å²) >= 11 is 0. The summed E-state index contributed by atoms with van der Waals surface area (Å²) in [6.45, 7) is 4.48. The summed E-state index contributed by atoms with van der Waals surface area (Å²) < 4.78 is 11.4. The molecule has 1 amide bonds. The van der Waals surface area contributed by atoms with Gasteiger partial charge in [0.1, 0.15) is 6.61 Å². The molecule has 0 bridgehead atoms. The van der Waals surface area contributed by atoms with E-state index in [0.29, 0.717) is 18.1 Å². The van der Waals surface area contributed by atoms with Crippen molar-refractivity contribution in [2.75, 3.05) is 12.4 Å². The highest BCUT2D eigenvalue weighted by Crippen LogP contribution is 2.29. The summed E-state index contributed by atoms with van der Waals surface area (Å²) in [6, 6.07) is 21.5. The summed E-state index contributed by atoms with van der Waals surface area (Å²) in [4.78, 5) is 12.2. The number of ether oxygens (including phenoxy) is 2. The first kappa shape index (κ1) is 20.2. The minimum atomic E-state index is -0.182. The molecule has 3 aromatic carbocycles. The third-order valence-electron chi connectivity index (χ3n) is 4.53. The molecule has 0 spiro atoms. The molecule has 0 heterocycles. The number of para-hydroxylation sites is 1. The lowest BCUT2D eigenvalue weighted by Crippen LogP contribution is -2.08. The van der Waals surface area contributed by atoms with Gasteiger partial charge in [0.2, 0.25) is 5.91 Å². The van der Waals surface area contributed by atoms with E-state index < -0.39 is 0 Å². The van der Waals surface area contributed by atoms with Crippen LogP contribution >= 0.6 is 0 Å². The maximum absolute atomic E-state index is 12.2. The zero-order valence-electron chi connectivity index (χ0n) is 16.9. The molecule has 0 unspecified atom stereocenters. The number of benzene rings is 3. The normalized spacial score (nSPS) is 10.7. The van der Waals surface area contributed by atoms with Crippen molar-refractivity contribution in [2.45, 2.75) is 20.5 Å². The van der Waals surface area contributed by atoms with Crippen LogP contribution < -0.4 is 14.8 Å².